The first-order chi connectivity index (χ1) is 15.5. The molecule has 3 heteroatoms. The van der Waals surface area contributed by atoms with E-state index in [-0.39, 0.29) is 11.0 Å². The van der Waals surface area contributed by atoms with Crippen LogP contribution in [0.1, 0.15) is 67.2 Å². The second-order valence-electron chi connectivity index (χ2n) is 9.98. The van der Waals surface area contributed by atoms with Crippen molar-refractivity contribution < 1.29 is 14.6 Å². The summed E-state index contributed by atoms with van der Waals surface area (Å²) < 4.78 is 6.25. The maximum absolute atomic E-state index is 11.7. The fourth-order valence-electron chi connectivity index (χ4n) is 4.25. The van der Waals surface area contributed by atoms with Gasteiger partial charge in [-0.2, -0.15) is 0 Å². The first-order valence-corrected chi connectivity index (χ1v) is 11.0. The van der Waals surface area contributed by atoms with Crippen molar-refractivity contribution in [1.29, 1.82) is 0 Å². The quantitative estimate of drug-likeness (QED) is 0.453. The molecule has 0 spiro atoms. The molecule has 0 amide bonds. The number of benzene rings is 3. The normalized spacial score (nSPS) is 14.5. The highest BCUT2D eigenvalue weighted by Gasteiger charge is 2.28. The van der Waals surface area contributed by atoms with Crippen LogP contribution in [0.5, 0.6) is 5.75 Å². The molecule has 1 aliphatic rings. The summed E-state index contributed by atoms with van der Waals surface area (Å²) in [5.74, 6) is 2.33. The molecule has 33 heavy (non-hydrogen) atoms. The Labute approximate surface area is 195 Å². The lowest BCUT2D eigenvalue weighted by Gasteiger charge is -2.32. The first-order valence-electron chi connectivity index (χ1n) is 11.0. The molecule has 1 heterocycles. The number of hydrogen-bond donors (Lipinski definition) is 1. The second-order valence-corrected chi connectivity index (χ2v) is 9.98. The van der Waals surface area contributed by atoms with Gasteiger partial charge < -0.3 is 9.84 Å². The van der Waals surface area contributed by atoms with Gasteiger partial charge in [0.15, 0.2) is 0 Å². The number of carboxylic acid groups (broad SMARTS) is 1. The van der Waals surface area contributed by atoms with E-state index in [2.05, 4.69) is 57.0 Å². The van der Waals surface area contributed by atoms with Crippen LogP contribution in [-0.2, 0) is 5.41 Å². The molecule has 0 unspecified atom stereocenters. The van der Waals surface area contributed by atoms with Gasteiger partial charge in [-0.25, -0.2) is 4.79 Å². The van der Waals surface area contributed by atoms with Crippen molar-refractivity contribution in [3.63, 3.8) is 0 Å². The summed E-state index contributed by atoms with van der Waals surface area (Å²) in [6.07, 6.45) is 7.86. The van der Waals surface area contributed by atoms with Gasteiger partial charge in [0.25, 0.3) is 0 Å². The minimum atomic E-state index is -1.03. The van der Waals surface area contributed by atoms with Crippen LogP contribution in [0.4, 0.5) is 0 Å². The van der Waals surface area contributed by atoms with E-state index in [9.17, 15) is 9.90 Å². The average molecular weight is 437 g/mol. The molecule has 0 radical (unpaired) electrons. The van der Waals surface area contributed by atoms with Crippen LogP contribution in [0, 0.1) is 12.3 Å². The van der Waals surface area contributed by atoms with Crippen LogP contribution >= 0.6 is 0 Å². The fraction of sp³-hybridized carbons (Fsp3) is 0.233. The van der Waals surface area contributed by atoms with E-state index in [0.717, 1.165) is 28.0 Å². The largest absolute Gasteiger partial charge is 0.483 e. The number of rotatable bonds is 3. The van der Waals surface area contributed by atoms with Gasteiger partial charge >= 0.3 is 5.97 Å². The van der Waals surface area contributed by atoms with Gasteiger partial charge in [-0.15, -0.1) is 6.42 Å². The van der Waals surface area contributed by atoms with E-state index < -0.39 is 11.6 Å². The molecule has 4 rings (SSSR count). The van der Waals surface area contributed by atoms with Gasteiger partial charge in [0, 0.05) is 11.1 Å². The average Bonchev–Trinajstić information content (AvgIpc) is 2.76. The highest BCUT2D eigenvalue weighted by Crippen LogP contribution is 2.42. The molecule has 3 nitrogen and oxygen atoms in total. The standard InChI is InChI=1S/C30H28O3/c1-7-22-23(9-8-10-24(22)28(31)32)20-13-16-27-25(17-20)26(18-30(5,6)33-27)19-11-14-21(15-12-19)29(2,3)4/h1,8-18H,2-6H3,(H,31,32). The number of aromatic carboxylic acids is 1. The molecule has 0 bridgehead atoms. The Hall–Kier alpha value is -3.77. The molecule has 0 aromatic heterocycles. The predicted molar refractivity (Wildman–Crippen MR) is 134 cm³/mol. The van der Waals surface area contributed by atoms with Crippen LogP contribution in [0.3, 0.4) is 0 Å². The zero-order valence-electron chi connectivity index (χ0n) is 19.7. The Balaban J connectivity index is 1.87. The number of ether oxygens (including phenoxy) is 1. The van der Waals surface area contributed by atoms with Gasteiger partial charge in [-0.1, -0.05) is 69.2 Å². The number of fused-ring (bicyclic) bond motifs is 1. The Morgan fingerprint density at radius 3 is 2.24 bits per heavy atom. The molecule has 166 valence electrons. The molecular formula is C30H28O3. The van der Waals surface area contributed by atoms with Crippen molar-refractivity contribution in [2.45, 2.75) is 45.6 Å². The summed E-state index contributed by atoms with van der Waals surface area (Å²) in [7, 11) is 0. The molecule has 0 atom stereocenters. The summed E-state index contributed by atoms with van der Waals surface area (Å²) in [4.78, 5) is 11.7. The van der Waals surface area contributed by atoms with Crippen LogP contribution < -0.4 is 4.74 Å². The third kappa shape index (κ3) is 4.30. The highest BCUT2D eigenvalue weighted by atomic mass is 16.5. The fourth-order valence-corrected chi connectivity index (χ4v) is 4.25. The monoisotopic (exact) mass is 436 g/mol. The predicted octanol–water partition coefficient (Wildman–Crippen LogP) is 6.93. The van der Waals surface area contributed by atoms with Crippen LogP contribution in [0.15, 0.2) is 66.7 Å². The van der Waals surface area contributed by atoms with E-state index in [4.69, 9.17) is 11.2 Å². The van der Waals surface area contributed by atoms with Crippen molar-refractivity contribution in [3.8, 4) is 29.2 Å². The Morgan fingerprint density at radius 2 is 1.64 bits per heavy atom. The lowest BCUT2D eigenvalue weighted by molar-refractivity contribution is 0.0696. The minimum absolute atomic E-state index is 0.0771. The van der Waals surface area contributed by atoms with Crippen LogP contribution in [-0.4, -0.2) is 16.7 Å². The lowest BCUT2D eigenvalue weighted by atomic mass is 9.84. The molecular weight excluding hydrogens is 408 g/mol. The molecule has 0 saturated carbocycles. The van der Waals surface area contributed by atoms with E-state index >= 15 is 0 Å². The van der Waals surface area contributed by atoms with Crippen molar-refractivity contribution in [3.05, 3.63) is 94.6 Å². The number of carboxylic acids is 1. The second kappa shape index (κ2) is 7.98. The maximum Gasteiger partial charge on any atom is 0.336 e. The third-order valence-corrected chi connectivity index (χ3v) is 5.95. The van der Waals surface area contributed by atoms with E-state index in [0.29, 0.717) is 11.1 Å². The van der Waals surface area contributed by atoms with E-state index in [1.807, 2.05) is 38.1 Å². The SMILES string of the molecule is C#Cc1c(C(=O)O)cccc1-c1ccc2c(c1)C(c1ccc(C(C)(C)C)cc1)=CC(C)(C)O2. The zero-order chi connectivity index (χ0) is 24.0. The summed E-state index contributed by atoms with van der Waals surface area (Å²) in [5, 5.41) is 9.56. The number of carbonyl (C=O) groups is 1. The van der Waals surface area contributed by atoms with Gasteiger partial charge in [-0.05, 0) is 71.4 Å². The molecule has 0 aliphatic carbocycles. The summed E-state index contributed by atoms with van der Waals surface area (Å²) >= 11 is 0. The summed E-state index contributed by atoms with van der Waals surface area (Å²) in [5.41, 5.74) is 6.11. The van der Waals surface area contributed by atoms with E-state index in [1.54, 1.807) is 6.07 Å². The molecule has 1 aliphatic heterocycles. The number of hydrogen-bond acceptors (Lipinski definition) is 2. The summed E-state index contributed by atoms with van der Waals surface area (Å²) in [6.45, 7) is 10.7. The zero-order valence-corrected chi connectivity index (χ0v) is 19.7. The van der Waals surface area contributed by atoms with Crippen molar-refractivity contribution in [2.75, 3.05) is 0 Å². The molecule has 3 aromatic rings. The third-order valence-electron chi connectivity index (χ3n) is 5.95. The highest BCUT2D eigenvalue weighted by molar-refractivity contribution is 5.95. The van der Waals surface area contributed by atoms with Crippen molar-refractivity contribution in [2.24, 2.45) is 0 Å². The molecule has 1 N–H and O–H groups in total. The van der Waals surface area contributed by atoms with Crippen LogP contribution in [0.2, 0.25) is 0 Å². The van der Waals surface area contributed by atoms with Crippen molar-refractivity contribution >= 4 is 11.5 Å². The molecule has 3 aromatic carbocycles. The van der Waals surface area contributed by atoms with Crippen molar-refractivity contribution in [1.82, 2.24) is 0 Å². The van der Waals surface area contributed by atoms with Gasteiger partial charge in [0.05, 0.1) is 5.56 Å². The van der Waals surface area contributed by atoms with E-state index in [1.165, 1.54) is 11.6 Å². The lowest BCUT2D eigenvalue weighted by Crippen LogP contribution is -2.29. The Bertz CT molecular complexity index is 1310. The Kier molecular flexibility index (Phi) is 5.42. The van der Waals surface area contributed by atoms with Gasteiger partial charge in [0.1, 0.15) is 11.4 Å². The van der Waals surface area contributed by atoms with Gasteiger partial charge in [-0.3, -0.25) is 0 Å². The summed E-state index contributed by atoms with van der Waals surface area (Å²) in [6, 6.07) is 19.7. The van der Waals surface area contributed by atoms with Crippen LogP contribution in [0.25, 0.3) is 16.7 Å². The topological polar surface area (TPSA) is 46.5 Å². The Morgan fingerprint density at radius 1 is 0.970 bits per heavy atom. The smallest absolute Gasteiger partial charge is 0.336 e. The molecule has 0 saturated heterocycles. The first kappa shape index (κ1) is 22.4. The van der Waals surface area contributed by atoms with Gasteiger partial charge in [0.2, 0.25) is 0 Å². The number of terminal acetylenes is 1. The maximum atomic E-state index is 11.7. The minimum Gasteiger partial charge on any atom is -0.483 e. The molecule has 0 fully saturated rings.